The molecule has 0 aromatic heterocycles. The quantitative estimate of drug-likeness (QED) is 0.303. The van der Waals surface area contributed by atoms with Gasteiger partial charge in [-0.2, -0.15) is 0 Å². The van der Waals surface area contributed by atoms with E-state index in [0.717, 1.165) is 25.7 Å². The van der Waals surface area contributed by atoms with Crippen LogP contribution in [-0.4, -0.2) is 18.7 Å². The van der Waals surface area contributed by atoms with Gasteiger partial charge in [0, 0.05) is 65.4 Å². The molecule has 4 saturated carbocycles. The Labute approximate surface area is 132 Å². The number of hydrogen-bond donors (Lipinski definition) is 0. The first-order valence-electron chi connectivity index (χ1n) is 7.01. The predicted octanol–water partition coefficient (Wildman–Crippen LogP) is 3.03. The highest BCUT2D eigenvalue weighted by atomic mass is 79.9. The van der Waals surface area contributed by atoms with E-state index in [1.165, 1.54) is 0 Å². The highest BCUT2D eigenvalue weighted by molar-refractivity contribution is 9.10. The van der Waals surface area contributed by atoms with E-state index in [1.54, 1.807) is 0 Å². The molecule has 4 rings (SSSR count). The molecular weight excluding hydrogens is 396 g/mol. The molecule has 4 aliphatic rings. The van der Waals surface area contributed by atoms with Gasteiger partial charge in [-0.1, -0.05) is 0 Å². The van der Waals surface area contributed by atoms with Crippen molar-refractivity contribution in [2.24, 2.45) is 35.5 Å². The molecule has 0 aromatic carbocycles. The van der Waals surface area contributed by atoms with Crippen LogP contribution in [0.2, 0.25) is 0 Å². The Hall–Kier alpha value is -0.240. The Morgan fingerprint density at radius 1 is 0.750 bits per heavy atom. The monoisotopic (exact) mass is 408 g/mol. The maximum atomic E-state index is 11.6. The van der Waals surface area contributed by atoms with Crippen LogP contribution in [0, 0.1) is 55.7 Å². The zero-order chi connectivity index (χ0) is 14.4. The Morgan fingerprint density at radius 3 is 1.20 bits per heavy atom. The van der Waals surface area contributed by atoms with E-state index in [0.29, 0.717) is 0 Å². The summed E-state index contributed by atoms with van der Waals surface area (Å²) < 4.78 is -2.09. The predicted molar refractivity (Wildman–Crippen MR) is 76.7 cm³/mol. The van der Waals surface area contributed by atoms with Crippen LogP contribution < -0.4 is 0 Å². The SMILES string of the molecule is O=[N+]([O-])C1(Br)[C@@H]2CC[C@H]3C2C2[C@@H]1CC[C@@H]2C3(Br)[N+](=O)[O-]. The molecule has 0 N–H and O–H groups in total. The molecule has 0 bridgehead atoms. The van der Waals surface area contributed by atoms with E-state index in [4.69, 9.17) is 0 Å². The molecule has 4 aliphatic carbocycles. The average molecular weight is 410 g/mol. The average Bonchev–Trinajstić information content (AvgIpc) is 3.05. The first-order chi connectivity index (χ1) is 9.34. The second-order valence-electron chi connectivity index (χ2n) is 6.70. The summed E-state index contributed by atoms with van der Waals surface area (Å²) in [7, 11) is 0. The van der Waals surface area contributed by atoms with Gasteiger partial charge in [0.25, 0.3) is 8.90 Å². The zero-order valence-corrected chi connectivity index (χ0v) is 13.7. The van der Waals surface area contributed by atoms with E-state index >= 15 is 0 Å². The van der Waals surface area contributed by atoms with Gasteiger partial charge in [-0.15, -0.1) is 0 Å². The lowest BCUT2D eigenvalue weighted by atomic mass is 9.90. The molecule has 4 fully saturated rings. The first-order valence-corrected chi connectivity index (χ1v) is 8.60. The molecule has 110 valence electrons. The highest BCUT2D eigenvalue weighted by Crippen LogP contribution is 2.76. The standard InChI is InChI=1S/C12H14Br2N2O4/c13-11(15(17)18)5-1-2-6-9(5)10-7(11)3-4-8(10)12(6,14)16(19)20/h5-10H,1-4H2/t5-,6-,7-,8+,9?,10?,11?,12?/m0/s1. The molecule has 6 nitrogen and oxygen atoms in total. The van der Waals surface area contributed by atoms with Crippen molar-refractivity contribution >= 4 is 31.9 Å². The number of halogens is 2. The number of rotatable bonds is 2. The Bertz CT molecular complexity index is 458. The van der Waals surface area contributed by atoms with Crippen LogP contribution in [0.5, 0.6) is 0 Å². The summed E-state index contributed by atoms with van der Waals surface area (Å²) in [6.45, 7) is 0. The van der Waals surface area contributed by atoms with Gasteiger partial charge in [-0.05, 0) is 37.5 Å². The molecule has 0 radical (unpaired) electrons. The van der Waals surface area contributed by atoms with E-state index < -0.39 is 8.90 Å². The fourth-order valence-electron chi connectivity index (χ4n) is 6.10. The normalized spacial score (nSPS) is 58.9. The first kappa shape index (κ1) is 13.4. The fraction of sp³-hybridized carbons (Fsp3) is 1.00. The summed E-state index contributed by atoms with van der Waals surface area (Å²) >= 11 is 6.93. The fourth-order valence-corrected chi connectivity index (χ4v) is 8.24. The minimum Gasteiger partial charge on any atom is -0.263 e. The summed E-state index contributed by atoms with van der Waals surface area (Å²) in [5, 5.41) is 23.3. The summed E-state index contributed by atoms with van der Waals surface area (Å²) in [4.78, 5) is 23.0. The van der Waals surface area contributed by atoms with Crippen molar-refractivity contribution in [1.82, 2.24) is 0 Å². The molecule has 0 heterocycles. The van der Waals surface area contributed by atoms with Gasteiger partial charge in [-0.25, -0.2) is 0 Å². The van der Waals surface area contributed by atoms with Crippen molar-refractivity contribution in [1.29, 1.82) is 0 Å². The summed E-state index contributed by atoms with van der Waals surface area (Å²) in [5.41, 5.74) is 0. The summed E-state index contributed by atoms with van der Waals surface area (Å²) in [6, 6.07) is 0. The molecule has 4 unspecified atom stereocenters. The van der Waals surface area contributed by atoms with Gasteiger partial charge in [0.2, 0.25) is 0 Å². The second kappa shape index (κ2) is 3.74. The van der Waals surface area contributed by atoms with E-state index in [2.05, 4.69) is 31.9 Å². The van der Waals surface area contributed by atoms with Gasteiger partial charge in [0.1, 0.15) is 0 Å². The molecule has 0 aromatic rings. The van der Waals surface area contributed by atoms with Crippen molar-refractivity contribution in [2.75, 3.05) is 0 Å². The zero-order valence-electron chi connectivity index (χ0n) is 10.6. The van der Waals surface area contributed by atoms with Crippen molar-refractivity contribution in [3.05, 3.63) is 20.2 Å². The molecule has 8 atom stereocenters. The molecular formula is C12H14Br2N2O4. The Balaban J connectivity index is 1.86. The van der Waals surface area contributed by atoms with Crippen molar-refractivity contribution in [3.63, 3.8) is 0 Å². The number of nitro groups is 2. The largest absolute Gasteiger partial charge is 0.280 e. The van der Waals surface area contributed by atoms with Crippen LogP contribution in [0.3, 0.4) is 0 Å². The molecule has 20 heavy (non-hydrogen) atoms. The van der Waals surface area contributed by atoms with Crippen molar-refractivity contribution < 1.29 is 9.85 Å². The minimum atomic E-state index is -1.04. The third-order valence-electron chi connectivity index (χ3n) is 6.52. The maximum absolute atomic E-state index is 11.6. The van der Waals surface area contributed by atoms with Gasteiger partial charge in [0.05, 0.1) is 0 Å². The van der Waals surface area contributed by atoms with Crippen LogP contribution in [0.25, 0.3) is 0 Å². The van der Waals surface area contributed by atoms with Gasteiger partial charge >= 0.3 is 0 Å². The third kappa shape index (κ3) is 1.15. The maximum Gasteiger partial charge on any atom is 0.280 e. The van der Waals surface area contributed by atoms with Gasteiger partial charge in [-0.3, -0.25) is 20.2 Å². The molecule has 0 saturated heterocycles. The third-order valence-corrected chi connectivity index (χ3v) is 9.45. The lowest BCUT2D eigenvalue weighted by Gasteiger charge is -2.26. The minimum absolute atomic E-state index is 0.0559. The van der Waals surface area contributed by atoms with E-state index in [9.17, 15) is 20.2 Å². The number of nitrogens with zero attached hydrogens (tertiary/aromatic N) is 2. The lowest BCUT2D eigenvalue weighted by molar-refractivity contribution is -0.557. The smallest absolute Gasteiger partial charge is 0.263 e. The van der Waals surface area contributed by atoms with E-state index in [1.807, 2.05) is 0 Å². The second-order valence-corrected chi connectivity index (χ2v) is 9.25. The topological polar surface area (TPSA) is 86.3 Å². The van der Waals surface area contributed by atoms with Gasteiger partial charge < -0.3 is 0 Å². The molecule has 0 amide bonds. The Kier molecular flexibility index (Phi) is 2.51. The van der Waals surface area contributed by atoms with Crippen LogP contribution in [0.4, 0.5) is 0 Å². The summed E-state index contributed by atoms with van der Waals surface area (Å²) in [5.74, 6) is 0.0304. The van der Waals surface area contributed by atoms with E-state index in [-0.39, 0.29) is 45.4 Å². The highest BCUT2D eigenvalue weighted by Gasteiger charge is 2.83. The van der Waals surface area contributed by atoms with Crippen molar-refractivity contribution in [3.8, 4) is 0 Å². The van der Waals surface area contributed by atoms with Gasteiger partial charge in [0.15, 0.2) is 0 Å². The van der Waals surface area contributed by atoms with Crippen LogP contribution >= 0.6 is 31.9 Å². The Morgan fingerprint density at radius 2 is 1.00 bits per heavy atom. The van der Waals surface area contributed by atoms with Crippen molar-refractivity contribution in [2.45, 2.75) is 34.6 Å². The molecule has 0 aliphatic heterocycles. The molecule has 0 spiro atoms. The van der Waals surface area contributed by atoms with Crippen LogP contribution in [0.15, 0.2) is 0 Å². The lowest BCUT2D eigenvalue weighted by Crippen LogP contribution is -2.44. The summed E-state index contributed by atoms with van der Waals surface area (Å²) in [6.07, 6.45) is 2.90. The number of alkyl halides is 2. The molecule has 8 heteroatoms. The van der Waals surface area contributed by atoms with Crippen LogP contribution in [-0.2, 0) is 0 Å². The van der Waals surface area contributed by atoms with Crippen LogP contribution in [0.1, 0.15) is 25.7 Å². The number of hydrogen-bond acceptors (Lipinski definition) is 4.